The molecule has 0 heterocycles. The summed E-state index contributed by atoms with van der Waals surface area (Å²) in [5.74, 6) is -2.28. The van der Waals surface area contributed by atoms with Crippen LogP contribution in [0.15, 0.2) is 0 Å². The van der Waals surface area contributed by atoms with Crippen LogP contribution in [0.3, 0.4) is 0 Å². The number of carbonyl (C=O) groups excluding carboxylic acids is 2. The molecule has 5 heteroatoms. The van der Waals surface area contributed by atoms with Crippen molar-refractivity contribution in [3.63, 3.8) is 0 Å². The second kappa shape index (κ2) is 7.58. The molecule has 0 amide bonds. The number of carboxylic acids is 2. The van der Waals surface area contributed by atoms with E-state index in [1.165, 1.54) is 0 Å². The molecule has 0 aromatic rings. The molecule has 0 saturated heterocycles. The number of unbranched alkanes of at least 4 members (excludes halogenated alkanes) is 1. The molecule has 0 aliphatic heterocycles. The van der Waals surface area contributed by atoms with Crippen LogP contribution in [-0.2, 0) is 27.0 Å². The summed E-state index contributed by atoms with van der Waals surface area (Å²) in [5, 5.41) is 19.5. The number of carbonyl (C=O) groups is 2. The minimum absolute atomic E-state index is 0. The SMILES string of the molecule is O=C([O-])CCCCC(=O)[O-].[Cr+2]. The Kier molecular flexibility index (Phi) is 9.02. The van der Waals surface area contributed by atoms with Crippen LogP contribution < -0.4 is 10.2 Å². The van der Waals surface area contributed by atoms with Gasteiger partial charge in [-0.1, -0.05) is 0 Å². The molecule has 0 aliphatic rings. The fraction of sp³-hybridized carbons (Fsp3) is 0.667. The van der Waals surface area contributed by atoms with E-state index in [0.29, 0.717) is 12.8 Å². The third-order valence-electron chi connectivity index (χ3n) is 1.01. The van der Waals surface area contributed by atoms with E-state index in [2.05, 4.69) is 0 Å². The fourth-order valence-corrected chi connectivity index (χ4v) is 0.539. The zero-order valence-electron chi connectivity index (χ0n) is 5.87. The van der Waals surface area contributed by atoms with Crippen LogP contribution in [0.25, 0.3) is 0 Å². The molecule has 0 N–H and O–H groups in total. The minimum Gasteiger partial charge on any atom is -0.550 e. The molecule has 0 radical (unpaired) electrons. The molecule has 4 nitrogen and oxygen atoms in total. The fourth-order valence-electron chi connectivity index (χ4n) is 0.539. The molecule has 0 atom stereocenters. The summed E-state index contributed by atoms with van der Waals surface area (Å²) in [6.07, 6.45) is 0.535. The van der Waals surface area contributed by atoms with Crippen molar-refractivity contribution in [1.29, 1.82) is 0 Å². The van der Waals surface area contributed by atoms with Gasteiger partial charge in [0.1, 0.15) is 0 Å². The molecule has 0 aromatic carbocycles. The summed E-state index contributed by atoms with van der Waals surface area (Å²) >= 11 is 0. The van der Waals surface area contributed by atoms with E-state index in [-0.39, 0.29) is 30.2 Å². The first kappa shape index (κ1) is 13.1. The molecule has 0 rings (SSSR count). The van der Waals surface area contributed by atoms with Crippen molar-refractivity contribution < 1.29 is 37.2 Å². The second-order valence-corrected chi connectivity index (χ2v) is 1.95. The van der Waals surface area contributed by atoms with Gasteiger partial charge < -0.3 is 19.8 Å². The maximum Gasteiger partial charge on any atom is 2.00 e. The van der Waals surface area contributed by atoms with E-state index >= 15 is 0 Å². The van der Waals surface area contributed by atoms with Gasteiger partial charge in [0.25, 0.3) is 0 Å². The number of hydrogen-bond acceptors (Lipinski definition) is 4. The zero-order chi connectivity index (χ0) is 7.98. The Labute approximate surface area is 75.3 Å². The van der Waals surface area contributed by atoms with Crippen LogP contribution in [0.1, 0.15) is 25.7 Å². The molecule has 0 aliphatic carbocycles. The van der Waals surface area contributed by atoms with Gasteiger partial charge in [0.05, 0.1) is 0 Å². The monoisotopic (exact) mass is 196 g/mol. The summed E-state index contributed by atoms with van der Waals surface area (Å²) in [6, 6.07) is 0. The van der Waals surface area contributed by atoms with Gasteiger partial charge in [0.15, 0.2) is 0 Å². The molecule has 0 bridgehead atoms. The predicted molar refractivity (Wildman–Crippen MR) is 28.5 cm³/mol. The normalized spacial score (nSPS) is 8.36. The Morgan fingerprint density at radius 2 is 1.18 bits per heavy atom. The van der Waals surface area contributed by atoms with Gasteiger partial charge in [-0.05, 0) is 25.7 Å². The zero-order valence-corrected chi connectivity index (χ0v) is 7.14. The van der Waals surface area contributed by atoms with E-state index in [0.717, 1.165) is 0 Å². The quantitative estimate of drug-likeness (QED) is 0.478. The Balaban J connectivity index is 0. The van der Waals surface area contributed by atoms with Gasteiger partial charge in [-0.3, -0.25) is 0 Å². The van der Waals surface area contributed by atoms with Gasteiger partial charge in [0.2, 0.25) is 0 Å². The van der Waals surface area contributed by atoms with Gasteiger partial charge in [-0.2, -0.15) is 0 Å². The molecule has 62 valence electrons. The number of rotatable bonds is 5. The first-order valence-corrected chi connectivity index (χ1v) is 3.02. The largest absolute Gasteiger partial charge is 2.00 e. The summed E-state index contributed by atoms with van der Waals surface area (Å²) in [6.45, 7) is 0. The summed E-state index contributed by atoms with van der Waals surface area (Å²) in [7, 11) is 0. The van der Waals surface area contributed by atoms with Crippen LogP contribution in [-0.4, -0.2) is 11.9 Å². The van der Waals surface area contributed by atoms with Gasteiger partial charge in [-0.15, -0.1) is 0 Å². The Hall–Kier alpha value is -0.528. The van der Waals surface area contributed by atoms with Crippen molar-refractivity contribution in [2.75, 3.05) is 0 Å². The van der Waals surface area contributed by atoms with E-state index in [1.807, 2.05) is 0 Å². The third kappa shape index (κ3) is 12.6. The van der Waals surface area contributed by atoms with E-state index < -0.39 is 11.9 Å². The Morgan fingerprint density at radius 3 is 1.36 bits per heavy atom. The van der Waals surface area contributed by atoms with Crippen LogP contribution >= 0.6 is 0 Å². The van der Waals surface area contributed by atoms with Gasteiger partial charge in [0, 0.05) is 11.9 Å². The molecule has 11 heavy (non-hydrogen) atoms. The van der Waals surface area contributed by atoms with Crippen molar-refractivity contribution in [3.8, 4) is 0 Å². The van der Waals surface area contributed by atoms with Crippen LogP contribution in [0.5, 0.6) is 0 Å². The summed E-state index contributed by atoms with van der Waals surface area (Å²) in [4.78, 5) is 19.5. The van der Waals surface area contributed by atoms with Crippen molar-refractivity contribution in [1.82, 2.24) is 0 Å². The topological polar surface area (TPSA) is 80.3 Å². The van der Waals surface area contributed by atoms with Crippen molar-refractivity contribution in [2.45, 2.75) is 25.7 Å². The molecular formula is C6H8CrO4. The van der Waals surface area contributed by atoms with Crippen LogP contribution in [0.4, 0.5) is 0 Å². The maximum atomic E-state index is 9.77. The van der Waals surface area contributed by atoms with Crippen LogP contribution in [0, 0.1) is 0 Å². The van der Waals surface area contributed by atoms with E-state index in [9.17, 15) is 19.8 Å². The first-order chi connectivity index (χ1) is 4.63. The van der Waals surface area contributed by atoms with Crippen molar-refractivity contribution in [3.05, 3.63) is 0 Å². The van der Waals surface area contributed by atoms with E-state index in [1.54, 1.807) is 0 Å². The molecule has 0 saturated carbocycles. The van der Waals surface area contributed by atoms with Gasteiger partial charge >= 0.3 is 17.4 Å². The Morgan fingerprint density at radius 1 is 0.909 bits per heavy atom. The summed E-state index contributed by atoms with van der Waals surface area (Å²) in [5.41, 5.74) is 0. The van der Waals surface area contributed by atoms with Crippen LogP contribution in [0.2, 0.25) is 0 Å². The second-order valence-electron chi connectivity index (χ2n) is 1.95. The van der Waals surface area contributed by atoms with Crippen molar-refractivity contribution in [2.24, 2.45) is 0 Å². The molecule has 0 aromatic heterocycles. The molecule has 0 spiro atoms. The minimum atomic E-state index is -1.14. The smallest absolute Gasteiger partial charge is 0.550 e. The maximum absolute atomic E-state index is 9.77. The van der Waals surface area contributed by atoms with Gasteiger partial charge in [-0.25, -0.2) is 0 Å². The molecule has 0 unspecified atom stereocenters. The molecule has 0 fully saturated rings. The number of carboxylic acid groups (broad SMARTS) is 2. The third-order valence-corrected chi connectivity index (χ3v) is 1.01. The summed E-state index contributed by atoms with van der Waals surface area (Å²) < 4.78 is 0. The number of aliphatic carboxylic acids is 2. The standard InChI is InChI=1S/C6H10O4.Cr/c7-5(8)3-1-2-4-6(9)10;/h1-4H2,(H,7,8)(H,9,10);/q;+2/p-2. The number of hydrogen-bond donors (Lipinski definition) is 0. The van der Waals surface area contributed by atoms with Crippen molar-refractivity contribution >= 4 is 11.9 Å². The Bertz CT molecular complexity index is 119. The molecular weight excluding hydrogens is 188 g/mol. The predicted octanol–water partition coefficient (Wildman–Crippen LogP) is -1.96. The van der Waals surface area contributed by atoms with E-state index in [4.69, 9.17) is 0 Å². The average molecular weight is 196 g/mol. The first-order valence-electron chi connectivity index (χ1n) is 3.02. The average Bonchev–Trinajstić information content (AvgIpc) is 1.79.